The van der Waals surface area contributed by atoms with Crippen LogP contribution in [0.5, 0.6) is 5.75 Å². The summed E-state index contributed by atoms with van der Waals surface area (Å²) in [5.41, 5.74) is 2.53. The van der Waals surface area contributed by atoms with Crippen LogP contribution in [-0.2, 0) is 13.0 Å². The van der Waals surface area contributed by atoms with Gasteiger partial charge in [-0.2, -0.15) is 4.91 Å². The van der Waals surface area contributed by atoms with Gasteiger partial charge in [-0.25, -0.2) is 0 Å². The molecule has 1 amide bonds. The number of ether oxygens (including phenoxy) is 1. The highest BCUT2D eigenvalue weighted by molar-refractivity contribution is 6.00. The third-order valence-electron chi connectivity index (χ3n) is 6.15. The molecule has 1 aromatic carbocycles. The Bertz CT molecular complexity index is 864. The number of amides is 1. The molecule has 2 heterocycles. The predicted molar refractivity (Wildman–Crippen MR) is 113 cm³/mol. The number of benzene rings is 1. The van der Waals surface area contributed by atoms with Gasteiger partial charge in [-0.15, -0.1) is 4.91 Å². The summed E-state index contributed by atoms with van der Waals surface area (Å²) in [6, 6.07) is 0.914. The fourth-order valence-corrected chi connectivity index (χ4v) is 4.35. The second-order valence-electron chi connectivity index (χ2n) is 8.22. The third kappa shape index (κ3) is 3.82. The van der Waals surface area contributed by atoms with Gasteiger partial charge in [0.05, 0.1) is 12.1 Å². The predicted octanol–water partition coefficient (Wildman–Crippen LogP) is 5.42. The topological polar surface area (TPSA) is 88.4 Å². The number of carbonyl (C=O) groups is 1. The van der Waals surface area contributed by atoms with E-state index in [2.05, 4.69) is 30.3 Å². The van der Waals surface area contributed by atoms with E-state index in [1.165, 1.54) is 11.6 Å². The average molecular weight is 399 g/mol. The van der Waals surface area contributed by atoms with Gasteiger partial charge >= 0.3 is 0 Å². The minimum Gasteiger partial charge on any atom is -0.484 e. The Balaban J connectivity index is 1.98. The van der Waals surface area contributed by atoms with E-state index in [1.54, 1.807) is 4.90 Å². The van der Waals surface area contributed by atoms with Gasteiger partial charge in [-0.3, -0.25) is 4.79 Å². The average Bonchev–Trinajstić information content (AvgIpc) is 3.02. The molecule has 0 N–H and O–H groups in total. The zero-order valence-corrected chi connectivity index (χ0v) is 17.7. The van der Waals surface area contributed by atoms with Crippen molar-refractivity contribution in [1.82, 2.24) is 4.90 Å². The molecule has 1 aromatic rings. The molecule has 0 unspecified atom stereocenters. The van der Waals surface area contributed by atoms with Crippen molar-refractivity contribution in [2.24, 2.45) is 10.4 Å². The molecule has 0 radical (unpaired) electrons. The van der Waals surface area contributed by atoms with E-state index in [1.807, 2.05) is 13.8 Å². The first-order valence-electron chi connectivity index (χ1n) is 10.4. The molecule has 2 atom stereocenters. The van der Waals surface area contributed by atoms with E-state index < -0.39 is 11.6 Å². The molecular formula is C22H29N3O4. The Hall–Kier alpha value is -2.57. The molecule has 29 heavy (non-hydrogen) atoms. The van der Waals surface area contributed by atoms with Crippen LogP contribution >= 0.6 is 0 Å². The molecule has 2 aliphatic heterocycles. The Kier molecular flexibility index (Phi) is 6.15. The van der Waals surface area contributed by atoms with Crippen LogP contribution < -0.4 is 4.74 Å². The number of hydrogen-bond acceptors (Lipinski definition) is 6. The fraction of sp³-hybridized carbons (Fsp3) is 0.591. The van der Waals surface area contributed by atoms with Crippen molar-refractivity contribution in [3.05, 3.63) is 44.2 Å². The summed E-state index contributed by atoms with van der Waals surface area (Å²) in [7, 11) is 0. The molecule has 0 saturated carbocycles. The third-order valence-corrected chi connectivity index (χ3v) is 6.15. The van der Waals surface area contributed by atoms with Crippen LogP contribution in [0.15, 0.2) is 28.1 Å². The Morgan fingerprint density at radius 3 is 2.72 bits per heavy atom. The van der Waals surface area contributed by atoms with Crippen molar-refractivity contribution in [2.45, 2.75) is 78.0 Å². The summed E-state index contributed by atoms with van der Waals surface area (Å²) in [6.45, 7) is 9.08. The number of nitrogens with zero attached hydrogens (tertiary/aromatic N) is 3. The van der Waals surface area contributed by atoms with Crippen LogP contribution in [0.1, 0.15) is 74.9 Å². The number of allylic oxidation sites excluding steroid dienone is 2. The highest BCUT2D eigenvalue weighted by Crippen LogP contribution is 2.47. The molecule has 0 saturated heterocycles. The zero-order valence-electron chi connectivity index (χ0n) is 17.7. The van der Waals surface area contributed by atoms with E-state index in [9.17, 15) is 14.6 Å². The van der Waals surface area contributed by atoms with Gasteiger partial charge in [0.1, 0.15) is 23.1 Å². The Labute approximate surface area is 171 Å². The largest absolute Gasteiger partial charge is 0.484 e. The summed E-state index contributed by atoms with van der Waals surface area (Å²) in [6.07, 6.45) is 6.03. The normalized spacial score (nSPS) is 23.4. The minimum absolute atomic E-state index is 0.116. The second kappa shape index (κ2) is 8.43. The summed E-state index contributed by atoms with van der Waals surface area (Å²) < 4.78 is 6.39. The number of hydrogen-bond donors (Lipinski definition) is 0. The van der Waals surface area contributed by atoms with E-state index in [-0.39, 0.29) is 11.6 Å². The first-order chi connectivity index (χ1) is 13.9. The fourth-order valence-electron chi connectivity index (χ4n) is 4.35. The van der Waals surface area contributed by atoms with Gasteiger partial charge in [0.15, 0.2) is 0 Å². The monoisotopic (exact) mass is 399 g/mol. The lowest BCUT2D eigenvalue weighted by atomic mass is 9.82. The molecule has 7 heteroatoms. The van der Waals surface area contributed by atoms with E-state index in [0.717, 1.165) is 24.8 Å². The van der Waals surface area contributed by atoms with Gasteiger partial charge in [-0.05, 0) is 51.3 Å². The maximum atomic E-state index is 12.6. The maximum Gasteiger partial charge on any atom is 0.254 e. The molecule has 156 valence electrons. The van der Waals surface area contributed by atoms with Crippen LogP contribution in [-0.4, -0.2) is 29.0 Å². The Morgan fingerprint density at radius 1 is 1.34 bits per heavy atom. The Morgan fingerprint density at radius 2 is 2.10 bits per heavy atom. The van der Waals surface area contributed by atoms with Crippen molar-refractivity contribution in [2.75, 3.05) is 6.54 Å². The van der Waals surface area contributed by atoms with E-state index in [0.29, 0.717) is 42.8 Å². The highest BCUT2D eigenvalue weighted by atomic mass is 16.5. The zero-order chi connectivity index (χ0) is 21.2. The molecular weight excluding hydrogens is 370 g/mol. The standard InChI is InChI=1S/C22H29N3O4/c1-5-8-14(3)9-7-10-22(4)19(24-28)12-16-18(23-27)11-15-17(20(16)29-22)13-25(6-2)21(15)26/h9,11,19H,5-8,10,12-13H2,1-4H3/b14-9+/t19-,22-/m1/s1. The first-order valence-corrected chi connectivity index (χ1v) is 10.4. The molecule has 0 fully saturated rings. The number of nitroso groups, excluding NO2 is 2. The lowest BCUT2D eigenvalue weighted by molar-refractivity contribution is 0.0369. The van der Waals surface area contributed by atoms with Crippen LogP contribution in [0, 0.1) is 9.81 Å². The van der Waals surface area contributed by atoms with Gasteiger partial charge in [0, 0.05) is 24.1 Å². The van der Waals surface area contributed by atoms with Crippen molar-refractivity contribution < 1.29 is 9.53 Å². The van der Waals surface area contributed by atoms with Gasteiger partial charge in [0.25, 0.3) is 5.91 Å². The second-order valence-corrected chi connectivity index (χ2v) is 8.22. The van der Waals surface area contributed by atoms with Crippen LogP contribution in [0.3, 0.4) is 0 Å². The summed E-state index contributed by atoms with van der Waals surface area (Å²) in [5, 5.41) is 6.45. The minimum atomic E-state index is -0.796. The molecule has 0 aromatic heterocycles. The van der Waals surface area contributed by atoms with Crippen molar-refractivity contribution >= 4 is 11.6 Å². The molecule has 0 spiro atoms. The summed E-state index contributed by atoms with van der Waals surface area (Å²) in [4.78, 5) is 37.4. The van der Waals surface area contributed by atoms with Crippen molar-refractivity contribution in [3.8, 4) is 5.75 Å². The number of rotatable bonds is 8. The lowest BCUT2D eigenvalue weighted by Crippen LogP contribution is -2.48. The van der Waals surface area contributed by atoms with Crippen molar-refractivity contribution in [3.63, 3.8) is 0 Å². The lowest BCUT2D eigenvalue weighted by Gasteiger charge is -2.40. The summed E-state index contributed by atoms with van der Waals surface area (Å²) >= 11 is 0. The van der Waals surface area contributed by atoms with Gasteiger partial charge in [0.2, 0.25) is 0 Å². The highest BCUT2D eigenvalue weighted by Gasteiger charge is 2.45. The number of fused-ring (bicyclic) bond motifs is 3. The maximum absolute atomic E-state index is 12.6. The smallest absolute Gasteiger partial charge is 0.254 e. The SMILES string of the molecule is CCC/C(C)=C/CC[C@@]1(C)Oc2c(c(N=O)cc3c2CN(CC)C3=O)C[C@H]1N=O. The molecule has 0 aliphatic carbocycles. The van der Waals surface area contributed by atoms with Crippen LogP contribution in [0.2, 0.25) is 0 Å². The molecule has 2 aliphatic rings. The molecule has 0 bridgehead atoms. The van der Waals surface area contributed by atoms with Gasteiger partial charge < -0.3 is 9.64 Å². The van der Waals surface area contributed by atoms with Crippen LogP contribution in [0.25, 0.3) is 0 Å². The molecule has 3 rings (SSSR count). The first kappa shape index (κ1) is 21.1. The van der Waals surface area contributed by atoms with E-state index >= 15 is 0 Å². The quantitative estimate of drug-likeness (QED) is 0.431. The number of carbonyl (C=O) groups excluding carboxylic acids is 1. The van der Waals surface area contributed by atoms with Gasteiger partial charge in [-0.1, -0.05) is 30.2 Å². The van der Waals surface area contributed by atoms with Crippen molar-refractivity contribution in [1.29, 1.82) is 0 Å². The summed E-state index contributed by atoms with van der Waals surface area (Å²) in [5.74, 6) is 0.423. The van der Waals surface area contributed by atoms with E-state index in [4.69, 9.17) is 4.74 Å². The van der Waals surface area contributed by atoms with Crippen LogP contribution in [0.4, 0.5) is 5.69 Å². The molecule has 7 nitrogen and oxygen atoms in total.